The third-order valence-corrected chi connectivity index (χ3v) is 12.0. The molecule has 2 saturated carbocycles. The number of allylic oxidation sites excluding steroid dienone is 1. The predicted molar refractivity (Wildman–Crippen MR) is 185 cm³/mol. The van der Waals surface area contributed by atoms with E-state index in [0.29, 0.717) is 45.2 Å². The van der Waals surface area contributed by atoms with Gasteiger partial charge in [0.2, 0.25) is 21.8 Å². The molecule has 0 aromatic heterocycles. The zero-order chi connectivity index (χ0) is 36.6. The van der Waals surface area contributed by atoms with Gasteiger partial charge in [-0.05, 0) is 76.8 Å². The summed E-state index contributed by atoms with van der Waals surface area (Å²) in [5.41, 5.74) is -0.151. The zero-order valence-corrected chi connectivity index (χ0v) is 30.3. The normalized spacial score (nSPS) is 29.2. The summed E-state index contributed by atoms with van der Waals surface area (Å²) in [6, 6.07) is 5.67. The summed E-state index contributed by atoms with van der Waals surface area (Å²) >= 11 is 0. The highest BCUT2D eigenvalue weighted by molar-refractivity contribution is 7.91. The molecule has 1 unspecified atom stereocenters. The lowest BCUT2D eigenvalue weighted by Crippen LogP contribution is -2.58. The number of fused-ring (bicyclic) bond motifs is 3. The molecule has 1 aromatic carbocycles. The van der Waals surface area contributed by atoms with Crippen LogP contribution in [0.15, 0.2) is 36.4 Å². The smallest absolute Gasteiger partial charge is 0.410 e. The summed E-state index contributed by atoms with van der Waals surface area (Å²) in [5.74, 6) is -2.46. The van der Waals surface area contributed by atoms with Gasteiger partial charge in [0, 0.05) is 25.4 Å². The average Bonchev–Trinajstić information content (AvgIpc) is 3.99. The summed E-state index contributed by atoms with van der Waals surface area (Å²) in [7, 11) is -3.89. The molecule has 2 aliphatic carbocycles. The van der Waals surface area contributed by atoms with Gasteiger partial charge in [0.1, 0.15) is 29.3 Å². The summed E-state index contributed by atoms with van der Waals surface area (Å²) in [6.07, 6.45) is 6.43. The van der Waals surface area contributed by atoms with E-state index in [-0.39, 0.29) is 25.8 Å². The van der Waals surface area contributed by atoms with Crippen molar-refractivity contribution in [3.05, 3.63) is 47.5 Å². The first-order valence-electron chi connectivity index (χ1n) is 18.0. The van der Waals surface area contributed by atoms with Crippen molar-refractivity contribution in [2.45, 2.75) is 126 Å². The van der Waals surface area contributed by atoms with Crippen LogP contribution in [-0.4, -0.2) is 95.8 Å². The quantitative estimate of drug-likeness (QED) is 0.385. The summed E-state index contributed by atoms with van der Waals surface area (Å²) in [5, 5.41) is 4.89. The van der Waals surface area contributed by atoms with Crippen LogP contribution in [0.1, 0.15) is 89.7 Å². The van der Waals surface area contributed by atoms with Crippen LogP contribution >= 0.6 is 0 Å². The van der Waals surface area contributed by atoms with Crippen molar-refractivity contribution in [3.8, 4) is 0 Å². The fraction of sp³-hybridized carbons (Fsp3) is 0.639. The van der Waals surface area contributed by atoms with Crippen molar-refractivity contribution < 1.29 is 41.9 Å². The van der Waals surface area contributed by atoms with Crippen LogP contribution in [0.3, 0.4) is 0 Å². The van der Waals surface area contributed by atoms with Gasteiger partial charge in [-0.15, -0.1) is 0 Å². The van der Waals surface area contributed by atoms with Gasteiger partial charge in [-0.3, -0.25) is 19.1 Å². The topological polar surface area (TPSA) is 181 Å². The highest BCUT2D eigenvalue weighted by Crippen LogP contribution is 2.46. The van der Waals surface area contributed by atoms with Gasteiger partial charge in [-0.25, -0.2) is 18.0 Å². The van der Waals surface area contributed by atoms with Crippen molar-refractivity contribution >= 4 is 39.9 Å². The Morgan fingerprint density at radius 1 is 1.02 bits per heavy atom. The number of sulfonamides is 1. The second kappa shape index (κ2) is 14.5. The van der Waals surface area contributed by atoms with E-state index in [4.69, 9.17) is 9.47 Å². The SMILES string of the molecule is CC(C)(C)OC(=O)N[C@H]1CCCCC/C=C\[C@@H]2C[C@@]2(C(=O)NS(=O)(=O)C2CC2)NC(=O)C2C[C@@H](OC(=O)N3CCc4ccccc4C3)CN2C1=O. The van der Waals surface area contributed by atoms with E-state index < -0.39 is 80.4 Å². The fourth-order valence-electron chi connectivity index (χ4n) is 7.17. The number of alkyl carbamates (subject to hydrolysis) is 1. The number of carbonyl (C=O) groups is 5. The molecule has 3 fully saturated rings. The lowest BCUT2D eigenvalue weighted by Gasteiger charge is -2.30. The van der Waals surface area contributed by atoms with Crippen LogP contribution in [0.4, 0.5) is 9.59 Å². The molecular weight excluding hydrogens is 678 g/mol. The molecule has 6 rings (SSSR count). The van der Waals surface area contributed by atoms with Crippen molar-refractivity contribution in [3.63, 3.8) is 0 Å². The largest absolute Gasteiger partial charge is 0.444 e. The monoisotopic (exact) mass is 727 g/mol. The van der Waals surface area contributed by atoms with Crippen LogP contribution < -0.4 is 15.4 Å². The maximum atomic E-state index is 14.3. The zero-order valence-electron chi connectivity index (χ0n) is 29.5. The molecule has 0 spiro atoms. The number of carbonyl (C=O) groups excluding carboxylic acids is 5. The molecule has 5 atom stereocenters. The molecule has 51 heavy (non-hydrogen) atoms. The minimum atomic E-state index is -3.89. The number of hydrogen-bond donors (Lipinski definition) is 3. The van der Waals surface area contributed by atoms with Gasteiger partial charge < -0.3 is 29.9 Å². The highest BCUT2D eigenvalue weighted by Gasteiger charge is 2.62. The second-order valence-corrected chi connectivity index (χ2v) is 17.4. The predicted octanol–water partition coefficient (Wildman–Crippen LogP) is 3.05. The van der Waals surface area contributed by atoms with Gasteiger partial charge in [0.25, 0.3) is 5.91 Å². The van der Waals surface area contributed by atoms with Gasteiger partial charge in [-0.1, -0.05) is 49.3 Å². The van der Waals surface area contributed by atoms with Gasteiger partial charge in [0.05, 0.1) is 11.8 Å². The Morgan fingerprint density at radius 3 is 2.49 bits per heavy atom. The molecule has 278 valence electrons. The van der Waals surface area contributed by atoms with Crippen molar-refractivity contribution in [2.75, 3.05) is 13.1 Å². The van der Waals surface area contributed by atoms with E-state index in [1.54, 1.807) is 25.7 Å². The number of nitrogens with zero attached hydrogens (tertiary/aromatic N) is 2. The minimum Gasteiger partial charge on any atom is -0.444 e. The number of ether oxygens (including phenoxy) is 2. The molecule has 5 aliphatic rings. The first kappa shape index (κ1) is 36.6. The maximum absolute atomic E-state index is 14.3. The van der Waals surface area contributed by atoms with E-state index in [9.17, 15) is 32.4 Å². The Hall–Kier alpha value is -4.14. The Bertz CT molecular complexity index is 1690. The Kier molecular flexibility index (Phi) is 10.4. The summed E-state index contributed by atoms with van der Waals surface area (Å²) < 4.78 is 39.1. The van der Waals surface area contributed by atoms with Gasteiger partial charge >= 0.3 is 12.2 Å². The molecule has 15 heteroatoms. The number of amides is 5. The maximum Gasteiger partial charge on any atom is 0.410 e. The molecule has 14 nitrogen and oxygen atoms in total. The lowest BCUT2D eigenvalue weighted by molar-refractivity contribution is -0.141. The Labute approximate surface area is 299 Å². The van der Waals surface area contributed by atoms with E-state index in [2.05, 4.69) is 15.4 Å². The Balaban J connectivity index is 1.25. The number of rotatable bonds is 5. The second-order valence-electron chi connectivity index (χ2n) is 15.4. The van der Waals surface area contributed by atoms with Crippen molar-refractivity contribution in [1.82, 2.24) is 25.2 Å². The fourth-order valence-corrected chi connectivity index (χ4v) is 8.53. The lowest BCUT2D eigenvalue weighted by atomic mass is 10.0. The van der Waals surface area contributed by atoms with Crippen molar-refractivity contribution in [2.24, 2.45) is 5.92 Å². The number of benzene rings is 1. The van der Waals surface area contributed by atoms with Crippen LogP contribution in [-0.2, 0) is 46.8 Å². The molecule has 5 amide bonds. The minimum absolute atomic E-state index is 0.0501. The highest BCUT2D eigenvalue weighted by atomic mass is 32.2. The van der Waals surface area contributed by atoms with Crippen molar-refractivity contribution in [1.29, 1.82) is 0 Å². The van der Waals surface area contributed by atoms with Crippen LogP contribution in [0.5, 0.6) is 0 Å². The molecule has 1 saturated heterocycles. The first-order valence-corrected chi connectivity index (χ1v) is 19.6. The summed E-state index contributed by atoms with van der Waals surface area (Å²) in [6.45, 7) is 5.85. The van der Waals surface area contributed by atoms with E-state index >= 15 is 0 Å². The molecule has 3 N–H and O–H groups in total. The van der Waals surface area contributed by atoms with Crippen LogP contribution in [0.2, 0.25) is 0 Å². The third kappa shape index (κ3) is 8.67. The first-order chi connectivity index (χ1) is 24.1. The number of nitrogens with one attached hydrogen (secondary N) is 3. The molecule has 1 aromatic rings. The standard InChI is InChI=1S/C36H49N5O9S/c1-35(2,3)50-33(45)37-28-14-8-6-4-5-7-13-25-20-36(25,32(44)39-51(47,48)27-15-16-27)38-30(42)29-19-26(22-41(29)31(28)43)49-34(46)40-18-17-23-11-9-10-12-24(23)21-40/h7,9-13,25-29H,4-6,8,14-22H2,1-3H3,(H,37,45)(H,38,42)(H,39,44)/b13-7-/t25-,26-,28+,29?,36-/m1/s1. The van der Waals surface area contributed by atoms with Gasteiger partial charge in [0.15, 0.2) is 0 Å². The molecule has 0 bridgehead atoms. The average molecular weight is 728 g/mol. The Morgan fingerprint density at radius 2 is 1.76 bits per heavy atom. The number of hydrogen-bond acceptors (Lipinski definition) is 9. The van der Waals surface area contributed by atoms with Crippen LogP contribution in [0.25, 0.3) is 0 Å². The third-order valence-electron chi connectivity index (χ3n) is 10.2. The molecule has 0 radical (unpaired) electrons. The molecular formula is C36H49N5O9S. The van der Waals surface area contributed by atoms with Gasteiger partial charge in [-0.2, -0.15) is 0 Å². The van der Waals surface area contributed by atoms with E-state index in [1.807, 2.05) is 36.4 Å². The molecule has 3 heterocycles. The summed E-state index contributed by atoms with van der Waals surface area (Å²) in [4.78, 5) is 71.3. The van der Waals surface area contributed by atoms with E-state index in [1.165, 1.54) is 4.90 Å². The van der Waals surface area contributed by atoms with Crippen LogP contribution in [0, 0.1) is 5.92 Å². The van der Waals surface area contributed by atoms with E-state index in [0.717, 1.165) is 24.0 Å². The molecule has 3 aliphatic heterocycles.